The Morgan fingerprint density at radius 3 is 2.17 bits per heavy atom. The molecule has 1 N–H and O–H groups in total. The van der Waals surface area contributed by atoms with E-state index in [1.54, 1.807) is 0 Å². The standard InChI is InChI=1S/C17H19ClNO4P/c1-22-24(18,21)16(12-14-8-4-2-5-9-14)19-17(20)23-13-15-10-6-3-7-11-15/h2-11,16H,12-13H2,1H3,(H,19,20)/t16-,24?/m1/s1. The van der Waals surface area contributed by atoms with Gasteiger partial charge in [-0.25, -0.2) is 4.79 Å². The number of hydrogen-bond acceptors (Lipinski definition) is 4. The van der Waals surface area contributed by atoms with Crippen LogP contribution in [-0.4, -0.2) is 19.0 Å². The predicted octanol–water partition coefficient (Wildman–Crippen LogP) is 4.56. The zero-order valence-electron chi connectivity index (χ0n) is 13.2. The Morgan fingerprint density at radius 2 is 1.62 bits per heavy atom. The largest absolute Gasteiger partial charge is 0.445 e. The van der Waals surface area contributed by atoms with Crippen molar-refractivity contribution in [1.29, 1.82) is 0 Å². The molecule has 1 amide bonds. The molecule has 0 fully saturated rings. The number of hydrogen-bond donors (Lipinski definition) is 1. The lowest BCUT2D eigenvalue weighted by atomic mass is 10.1. The third-order valence-corrected chi connectivity index (χ3v) is 6.07. The molecule has 2 aromatic carbocycles. The first kappa shape index (κ1) is 18.5. The number of benzene rings is 2. The van der Waals surface area contributed by atoms with Crippen molar-refractivity contribution in [1.82, 2.24) is 5.32 Å². The van der Waals surface area contributed by atoms with Crippen molar-refractivity contribution in [3.63, 3.8) is 0 Å². The predicted molar refractivity (Wildman–Crippen MR) is 94.2 cm³/mol. The fourth-order valence-electron chi connectivity index (χ4n) is 2.10. The highest BCUT2D eigenvalue weighted by Crippen LogP contribution is 2.56. The first-order valence-electron chi connectivity index (χ1n) is 7.37. The summed E-state index contributed by atoms with van der Waals surface area (Å²) in [6.07, 6.45) is -0.423. The number of carbonyl (C=O) groups is 1. The van der Waals surface area contributed by atoms with Gasteiger partial charge in [-0.3, -0.25) is 4.57 Å². The second-order valence-corrected chi connectivity index (χ2v) is 8.56. The van der Waals surface area contributed by atoms with E-state index in [-0.39, 0.29) is 13.0 Å². The molecule has 0 bridgehead atoms. The van der Waals surface area contributed by atoms with Gasteiger partial charge >= 0.3 is 12.8 Å². The molecule has 0 aliphatic carbocycles. The molecule has 0 spiro atoms. The number of ether oxygens (including phenoxy) is 1. The quantitative estimate of drug-likeness (QED) is 0.728. The monoisotopic (exact) mass is 367 g/mol. The zero-order valence-corrected chi connectivity index (χ0v) is 14.9. The van der Waals surface area contributed by atoms with Gasteiger partial charge in [-0.15, -0.1) is 0 Å². The van der Waals surface area contributed by atoms with Crippen LogP contribution in [0.3, 0.4) is 0 Å². The fraction of sp³-hybridized carbons (Fsp3) is 0.235. The highest BCUT2D eigenvalue weighted by atomic mass is 35.7. The van der Waals surface area contributed by atoms with Gasteiger partial charge < -0.3 is 14.6 Å². The van der Waals surface area contributed by atoms with Crippen LogP contribution in [0.2, 0.25) is 0 Å². The summed E-state index contributed by atoms with van der Waals surface area (Å²) in [6.45, 7) is -3.42. The molecule has 7 heteroatoms. The van der Waals surface area contributed by atoms with Crippen molar-refractivity contribution in [2.45, 2.75) is 18.8 Å². The van der Waals surface area contributed by atoms with Crippen molar-refractivity contribution in [2.24, 2.45) is 0 Å². The summed E-state index contributed by atoms with van der Waals surface area (Å²) in [7, 11) is 1.25. The molecular formula is C17H19ClNO4P. The minimum absolute atomic E-state index is 0.115. The van der Waals surface area contributed by atoms with Crippen LogP contribution < -0.4 is 5.32 Å². The van der Waals surface area contributed by atoms with E-state index in [2.05, 4.69) is 5.32 Å². The number of nitrogens with one attached hydrogen (secondary N) is 1. The lowest BCUT2D eigenvalue weighted by Crippen LogP contribution is -2.36. The van der Waals surface area contributed by atoms with Crippen LogP contribution in [0.25, 0.3) is 0 Å². The van der Waals surface area contributed by atoms with Gasteiger partial charge in [0.15, 0.2) is 0 Å². The van der Waals surface area contributed by atoms with Gasteiger partial charge in [0.2, 0.25) is 0 Å². The number of rotatable bonds is 7. The molecule has 1 unspecified atom stereocenters. The van der Waals surface area contributed by atoms with E-state index in [4.69, 9.17) is 20.5 Å². The Balaban J connectivity index is 1.99. The van der Waals surface area contributed by atoms with E-state index < -0.39 is 18.6 Å². The van der Waals surface area contributed by atoms with Gasteiger partial charge in [0.25, 0.3) is 0 Å². The summed E-state index contributed by atoms with van der Waals surface area (Å²) in [5.74, 6) is -0.880. The van der Waals surface area contributed by atoms with Gasteiger partial charge in [-0.2, -0.15) is 0 Å². The van der Waals surface area contributed by atoms with Crippen LogP contribution in [-0.2, 0) is 26.9 Å². The summed E-state index contributed by atoms with van der Waals surface area (Å²) in [5, 5.41) is 2.55. The van der Waals surface area contributed by atoms with Crippen LogP contribution >= 0.6 is 18.0 Å². The molecule has 0 aliphatic rings. The van der Waals surface area contributed by atoms with Crippen molar-refractivity contribution < 1.29 is 18.6 Å². The topological polar surface area (TPSA) is 64.6 Å². The third kappa shape index (κ3) is 5.68. The molecule has 24 heavy (non-hydrogen) atoms. The highest BCUT2D eigenvalue weighted by Gasteiger charge is 2.33. The van der Waals surface area contributed by atoms with E-state index in [1.807, 2.05) is 60.7 Å². The maximum absolute atomic E-state index is 12.4. The maximum Gasteiger partial charge on any atom is 0.408 e. The SMILES string of the molecule is COP(=O)(Cl)[C@H](Cc1ccccc1)NC(=O)OCc1ccccc1. The van der Waals surface area contributed by atoms with Gasteiger partial charge in [-0.1, -0.05) is 60.7 Å². The fourth-order valence-corrected chi connectivity index (χ4v) is 3.40. The van der Waals surface area contributed by atoms with Crippen LogP contribution in [0.5, 0.6) is 0 Å². The lowest BCUT2D eigenvalue weighted by molar-refractivity contribution is 0.138. The van der Waals surface area contributed by atoms with Crippen molar-refractivity contribution >= 4 is 24.1 Å². The molecule has 0 saturated heterocycles. The lowest BCUT2D eigenvalue weighted by Gasteiger charge is -2.22. The number of halogens is 1. The second kappa shape index (κ2) is 8.88. The molecular weight excluding hydrogens is 349 g/mol. The van der Waals surface area contributed by atoms with E-state index in [9.17, 15) is 9.36 Å². The summed E-state index contributed by atoms with van der Waals surface area (Å²) in [5.41, 5.74) is 1.73. The first-order chi connectivity index (χ1) is 11.5. The van der Waals surface area contributed by atoms with Crippen molar-refractivity contribution in [3.8, 4) is 0 Å². The summed E-state index contributed by atoms with van der Waals surface area (Å²) in [4.78, 5) is 12.0. The number of alkyl carbamates (subject to hydrolysis) is 1. The van der Waals surface area contributed by atoms with E-state index in [1.165, 1.54) is 7.11 Å². The smallest absolute Gasteiger partial charge is 0.408 e. The van der Waals surface area contributed by atoms with E-state index in [0.29, 0.717) is 0 Å². The normalized spacial score (nSPS) is 14.4. The minimum atomic E-state index is -3.54. The summed E-state index contributed by atoms with van der Waals surface area (Å²) in [6, 6.07) is 18.6. The molecule has 2 rings (SSSR count). The van der Waals surface area contributed by atoms with Gasteiger partial charge in [-0.05, 0) is 22.4 Å². The maximum atomic E-state index is 12.4. The molecule has 2 atom stereocenters. The summed E-state index contributed by atoms with van der Waals surface area (Å²) >= 11 is 5.96. The van der Waals surface area contributed by atoms with Crippen LogP contribution in [0.4, 0.5) is 4.79 Å². The van der Waals surface area contributed by atoms with Gasteiger partial charge in [0.05, 0.1) is 0 Å². The Hall–Kier alpha value is -1.81. The minimum Gasteiger partial charge on any atom is -0.445 e. The van der Waals surface area contributed by atoms with Crippen LogP contribution in [0.15, 0.2) is 60.7 Å². The molecule has 0 radical (unpaired) electrons. The third-order valence-electron chi connectivity index (χ3n) is 3.39. The summed E-state index contributed by atoms with van der Waals surface area (Å²) < 4.78 is 22.4. The van der Waals surface area contributed by atoms with Gasteiger partial charge in [0.1, 0.15) is 12.4 Å². The molecule has 0 aromatic heterocycles. The average Bonchev–Trinajstić information content (AvgIpc) is 2.61. The van der Waals surface area contributed by atoms with Crippen LogP contribution in [0.1, 0.15) is 11.1 Å². The molecule has 0 heterocycles. The van der Waals surface area contributed by atoms with Gasteiger partial charge in [0, 0.05) is 13.5 Å². The Labute approximate surface area is 146 Å². The Kier molecular flexibility index (Phi) is 6.85. The molecule has 128 valence electrons. The highest BCUT2D eigenvalue weighted by molar-refractivity contribution is 7.85. The van der Waals surface area contributed by atoms with E-state index in [0.717, 1.165) is 11.1 Å². The molecule has 0 aliphatic heterocycles. The number of carbonyl (C=O) groups excluding carboxylic acids is 1. The van der Waals surface area contributed by atoms with Crippen LogP contribution in [0, 0.1) is 0 Å². The first-order valence-corrected chi connectivity index (χ1v) is 9.97. The van der Waals surface area contributed by atoms with Crippen molar-refractivity contribution in [2.75, 3.05) is 7.11 Å². The zero-order chi connectivity index (χ0) is 17.4. The van der Waals surface area contributed by atoms with Crippen molar-refractivity contribution in [3.05, 3.63) is 71.8 Å². The Morgan fingerprint density at radius 1 is 1.08 bits per heavy atom. The molecule has 0 saturated carbocycles. The van der Waals surface area contributed by atoms with E-state index >= 15 is 0 Å². The Bertz CT molecular complexity index is 696. The average molecular weight is 368 g/mol. The second-order valence-electron chi connectivity index (χ2n) is 5.12. The number of amides is 1. The molecule has 2 aromatic rings. The molecule has 5 nitrogen and oxygen atoms in total.